The van der Waals surface area contributed by atoms with Crippen LogP contribution in [0.2, 0.25) is 0 Å². The highest BCUT2D eigenvalue weighted by Gasteiger charge is 2.72. The summed E-state index contributed by atoms with van der Waals surface area (Å²) < 4.78 is 66.3. The standard InChI is InChI=1S/C37H39F4N5O2/c1-2-25-29(38)8-3-21-13-24(47)14-28(30(21)25)26-6-7-27-32(31(26)39)43-34(44-33(27)46-15-22-4-5-23(16-46)42-22)48-20-35(9-10-35)18-45-12-11-36(19-45)17-37(36,40)41/h3,6-8,13-14,22-23,42,47H,2,4-5,9-12,15-20H2,1H3. The van der Waals surface area contributed by atoms with Gasteiger partial charge in [-0.2, -0.15) is 9.97 Å². The highest BCUT2D eigenvalue weighted by atomic mass is 19.3. The van der Waals surface area contributed by atoms with Gasteiger partial charge >= 0.3 is 6.01 Å². The van der Waals surface area contributed by atoms with Crippen LogP contribution in [0.3, 0.4) is 0 Å². The molecule has 0 amide bonds. The molecule has 5 aliphatic rings. The van der Waals surface area contributed by atoms with Crippen LogP contribution in [0.1, 0.15) is 51.0 Å². The number of alkyl halides is 2. The number of hydrogen-bond donors (Lipinski definition) is 2. The predicted octanol–water partition coefficient (Wildman–Crippen LogP) is 6.83. The Morgan fingerprint density at radius 3 is 2.46 bits per heavy atom. The van der Waals surface area contributed by atoms with E-state index in [4.69, 9.17) is 9.72 Å². The van der Waals surface area contributed by atoms with Crippen LogP contribution in [0.25, 0.3) is 32.8 Å². The summed E-state index contributed by atoms with van der Waals surface area (Å²) in [4.78, 5) is 13.9. The lowest BCUT2D eigenvalue weighted by Crippen LogP contribution is -2.51. The summed E-state index contributed by atoms with van der Waals surface area (Å²) in [6.07, 6.45) is 4.90. The van der Waals surface area contributed by atoms with Crippen molar-refractivity contribution in [3.8, 4) is 22.9 Å². The Morgan fingerprint density at radius 2 is 1.77 bits per heavy atom. The maximum atomic E-state index is 16.9. The van der Waals surface area contributed by atoms with Crippen LogP contribution in [0.5, 0.6) is 11.8 Å². The van der Waals surface area contributed by atoms with Crippen LogP contribution < -0.4 is 15.0 Å². The third-order valence-electron chi connectivity index (χ3n) is 11.7. The number of nitrogens with zero attached hydrogens (tertiary/aromatic N) is 4. The van der Waals surface area contributed by atoms with Gasteiger partial charge in [0, 0.05) is 61.0 Å². The van der Waals surface area contributed by atoms with Crippen molar-refractivity contribution in [3.63, 3.8) is 0 Å². The Kier molecular flexibility index (Phi) is 6.74. The van der Waals surface area contributed by atoms with Crippen LogP contribution in [0, 0.1) is 22.5 Å². The second-order valence-corrected chi connectivity index (χ2v) is 15.1. The molecule has 0 radical (unpaired) electrons. The van der Waals surface area contributed by atoms with Crippen LogP contribution in [-0.4, -0.2) is 77.3 Å². The first-order valence-corrected chi connectivity index (χ1v) is 17.2. The average molecular weight is 662 g/mol. The van der Waals surface area contributed by atoms with Gasteiger partial charge in [-0.1, -0.05) is 19.1 Å². The minimum atomic E-state index is -2.55. The molecule has 2 N–H and O–H groups in total. The summed E-state index contributed by atoms with van der Waals surface area (Å²) in [5.41, 5.74) is 0.150. The molecule has 252 valence electrons. The zero-order valence-corrected chi connectivity index (χ0v) is 27.0. The number of fused-ring (bicyclic) bond motifs is 4. The van der Waals surface area contributed by atoms with E-state index in [-0.39, 0.29) is 40.5 Å². The van der Waals surface area contributed by atoms with E-state index in [2.05, 4.69) is 20.1 Å². The summed E-state index contributed by atoms with van der Waals surface area (Å²) in [5.74, 6) is -2.95. The number of phenolic OH excluding ortho intramolecular Hbond substituents is 1. The third kappa shape index (κ3) is 4.90. The molecule has 7 nitrogen and oxygen atoms in total. The highest BCUT2D eigenvalue weighted by Crippen LogP contribution is 2.65. The molecule has 1 spiro atoms. The van der Waals surface area contributed by atoms with E-state index >= 15 is 4.39 Å². The van der Waals surface area contributed by atoms with Crippen molar-refractivity contribution in [2.24, 2.45) is 10.8 Å². The van der Waals surface area contributed by atoms with E-state index in [9.17, 15) is 18.3 Å². The number of halogens is 4. The molecule has 5 fully saturated rings. The summed E-state index contributed by atoms with van der Waals surface area (Å²) in [5, 5.41) is 16.0. The van der Waals surface area contributed by atoms with Gasteiger partial charge < -0.3 is 25.0 Å². The number of rotatable bonds is 8. The fourth-order valence-corrected chi connectivity index (χ4v) is 8.80. The molecule has 3 aromatic carbocycles. The molecule has 4 aromatic rings. The van der Waals surface area contributed by atoms with Crippen LogP contribution in [0.15, 0.2) is 36.4 Å². The van der Waals surface area contributed by atoms with Gasteiger partial charge in [0.05, 0.1) is 12.0 Å². The lowest BCUT2D eigenvalue weighted by molar-refractivity contribution is 0.0644. The van der Waals surface area contributed by atoms with Gasteiger partial charge in [0.1, 0.15) is 22.9 Å². The number of ether oxygens (including phenoxy) is 1. The molecular weight excluding hydrogens is 622 g/mol. The van der Waals surface area contributed by atoms with E-state index < -0.39 is 17.2 Å². The molecular formula is C37H39F4N5O2. The first-order chi connectivity index (χ1) is 23.1. The quantitative estimate of drug-likeness (QED) is 0.201. The number of benzene rings is 3. The van der Waals surface area contributed by atoms with Crippen molar-refractivity contribution in [3.05, 3.63) is 53.6 Å². The average Bonchev–Trinajstić information content (AvgIpc) is 3.82. The molecule has 4 heterocycles. The Morgan fingerprint density at radius 1 is 1.00 bits per heavy atom. The number of piperazine rings is 1. The van der Waals surface area contributed by atoms with Crippen molar-refractivity contribution in [1.82, 2.24) is 20.2 Å². The third-order valence-corrected chi connectivity index (χ3v) is 11.7. The molecule has 48 heavy (non-hydrogen) atoms. The van der Waals surface area contributed by atoms with Crippen LogP contribution in [-0.2, 0) is 6.42 Å². The lowest BCUT2D eigenvalue weighted by Gasteiger charge is -2.34. The molecule has 3 saturated heterocycles. The molecule has 1 aromatic heterocycles. The second kappa shape index (κ2) is 10.6. The molecule has 3 atom stereocenters. The Hall–Kier alpha value is -3.70. The number of aryl methyl sites for hydroxylation is 1. The predicted molar refractivity (Wildman–Crippen MR) is 176 cm³/mol. The zero-order chi connectivity index (χ0) is 33.0. The lowest BCUT2D eigenvalue weighted by atomic mass is 9.92. The molecule has 3 aliphatic heterocycles. The minimum absolute atomic E-state index is 0.0118. The smallest absolute Gasteiger partial charge is 0.319 e. The minimum Gasteiger partial charge on any atom is -0.508 e. The monoisotopic (exact) mass is 661 g/mol. The van der Waals surface area contributed by atoms with E-state index in [1.165, 1.54) is 12.1 Å². The summed E-state index contributed by atoms with van der Waals surface area (Å²) in [6, 6.07) is 10.2. The first-order valence-electron chi connectivity index (χ1n) is 17.2. The fourth-order valence-electron chi connectivity index (χ4n) is 8.80. The largest absolute Gasteiger partial charge is 0.508 e. The number of likely N-dealkylation sites (tertiary alicyclic amines) is 1. The number of hydrogen-bond acceptors (Lipinski definition) is 7. The summed E-state index contributed by atoms with van der Waals surface area (Å²) in [6.45, 7) is 5.41. The van der Waals surface area contributed by atoms with Gasteiger partial charge in [-0.25, -0.2) is 17.6 Å². The number of phenols is 1. The summed E-state index contributed by atoms with van der Waals surface area (Å²) in [7, 11) is 0. The summed E-state index contributed by atoms with van der Waals surface area (Å²) >= 11 is 0. The number of nitrogens with one attached hydrogen (secondary N) is 1. The molecule has 2 saturated carbocycles. The molecule has 2 aliphatic carbocycles. The Balaban J connectivity index is 1.09. The van der Waals surface area contributed by atoms with Gasteiger partial charge in [-0.3, -0.25) is 0 Å². The van der Waals surface area contributed by atoms with E-state index in [1.54, 1.807) is 18.2 Å². The Labute approximate surface area is 276 Å². The van der Waals surface area contributed by atoms with E-state index in [0.717, 1.165) is 38.8 Å². The molecule has 9 rings (SSSR count). The fraction of sp³-hybridized carbons (Fsp3) is 0.514. The van der Waals surface area contributed by atoms with Gasteiger partial charge in [0.25, 0.3) is 5.92 Å². The van der Waals surface area contributed by atoms with Crippen molar-refractivity contribution in [2.75, 3.05) is 44.2 Å². The molecule has 3 unspecified atom stereocenters. The van der Waals surface area contributed by atoms with Gasteiger partial charge in [-0.15, -0.1) is 0 Å². The zero-order valence-electron chi connectivity index (χ0n) is 27.0. The molecule has 2 bridgehead atoms. The van der Waals surface area contributed by atoms with Gasteiger partial charge in [-0.05, 0) is 91.2 Å². The second-order valence-electron chi connectivity index (χ2n) is 15.1. The van der Waals surface area contributed by atoms with Gasteiger partial charge in [0.15, 0.2) is 5.82 Å². The SMILES string of the molecule is CCc1c(F)ccc2cc(O)cc(-c3ccc4c(N5CC6CCC(C5)N6)nc(OCC5(CN6CCC7(C6)CC7(F)F)CC5)nc4c3F)c12. The number of aromatic hydroxyl groups is 1. The maximum absolute atomic E-state index is 16.9. The van der Waals surface area contributed by atoms with E-state index in [0.29, 0.717) is 84.3 Å². The van der Waals surface area contributed by atoms with E-state index in [1.807, 2.05) is 13.0 Å². The van der Waals surface area contributed by atoms with Crippen LogP contribution in [0.4, 0.5) is 23.4 Å². The van der Waals surface area contributed by atoms with Crippen molar-refractivity contribution < 1.29 is 27.4 Å². The van der Waals surface area contributed by atoms with Gasteiger partial charge in [0.2, 0.25) is 0 Å². The Bertz CT molecular complexity index is 1960. The van der Waals surface area contributed by atoms with Crippen LogP contribution >= 0.6 is 0 Å². The maximum Gasteiger partial charge on any atom is 0.319 e. The molecule has 11 heteroatoms. The first kappa shape index (κ1) is 30.4. The van der Waals surface area contributed by atoms with Crippen molar-refractivity contribution in [1.29, 1.82) is 0 Å². The van der Waals surface area contributed by atoms with Crippen molar-refractivity contribution >= 4 is 27.5 Å². The normalized spacial score (nSPS) is 27.0. The number of aromatic nitrogens is 2. The topological polar surface area (TPSA) is 73.8 Å². The highest BCUT2D eigenvalue weighted by molar-refractivity contribution is 6.03. The number of anilines is 1. The van der Waals surface area contributed by atoms with Crippen molar-refractivity contribution in [2.45, 2.75) is 69.9 Å².